The van der Waals surface area contributed by atoms with Crippen molar-refractivity contribution >= 4 is 53.7 Å². The molecule has 0 aliphatic rings. The molecule has 5 aromatic rings. The Morgan fingerprint density at radius 2 is 1.47 bits per heavy atom. The van der Waals surface area contributed by atoms with Crippen LogP contribution >= 0.6 is 0 Å². The van der Waals surface area contributed by atoms with Crippen molar-refractivity contribution in [2.75, 3.05) is 0 Å². The van der Waals surface area contributed by atoms with Gasteiger partial charge in [-0.2, -0.15) is 8.42 Å². The fraction of sp³-hybridized carbons (Fsp3) is 0.0909. The number of pyridine rings is 2. The van der Waals surface area contributed by atoms with Crippen LogP contribution in [0.3, 0.4) is 0 Å². The van der Waals surface area contributed by atoms with Crippen LogP contribution in [-0.2, 0) is 10.1 Å². The molecule has 3 N–H and O–H groups in total. The molecule has 0 radical (unpaired) electrons. The zero-order valence-corrected chi connectivity index (χ0v) is 16.8. The molecule has 0 amide bonds. The molecule has 0 saturated heterocycles. The van der Waals surface area contributed by atoms with Crippen molar-refractivity contribution in [1.82, 2.24) is 9.97 Å². The van der Waals surface area contributed by atoms with Crippen LogP contribution < -0.4 is 10.9 Å². The number of aromatic nitrogens is 2. The number of aryl methyl sites for hydroxylation is 2. The Morgan fingerprint density at radius 1 is 0.800 bits per heavy atom. The normalized spacial score (nSPS) is 12.4. The lowest BCUT2D eigenvalue weighted by molar-refractivity contribution is 0.484. The van der Waals surface area contributed by atoms with E-state index < -0.39 is 10.1 Å². The Kier molecular flexibility index (Phi) is 3.71. The van der Waals surface area contributed by atoms with Crippen molar-refractivity contribution < 1.29 is 13.0 Å². The number of fused-ring (bicyclic) bond motifs is 4. The van der Waals surface area contributed by atoms with E-state index in [2.05, 4.69) is 9.97 Å². The minimum absolute atomic E-state index is 0.00773. The summed E-state index contributed by atoms with van der Waals surface area (Å²) in [6, 6.07) is 11.5. The fourth-order valence-corrected chi connectivity index (χ4v) is 4.83. The molecular weight excluding hydrogens is 404 g/mol. The van der Waals surface area contributed by atoms with E-state index in [0.29, 0.717) is 38.3 Å². The Hall–Kier alpha value is -3.49. The van der Waals surface area contributed by atoms with E-state index in [0.717, 1.165) is 5.56 Å². The van der Waals surface area contributed by atoms with Crippen molar-refractivity contribution in [3.63, 3.8) is 0 Å². The molecule has 0 saturated carbocycles. The van der Waals surface area contributed by atoms with Crippen molar-refractivity contribution in [2.24, 2.45) is 0 Å². The molecule has 0 bridgehead atoms. The third kappa shape index (κ3) is 2.58. The van der Waals surface area contributed by atoms with Gasteiger partial charge in [0.1, 0.15) is 4.90 Å². The van der Waals surface area contributed by atoms with Gasteiger partial charge in [0.25, 0.3) is 10.1 Å². The van der Waals surface area contributed by atoms with Gasteiger partial charge in [-0.05, 0) is 55.3 Å². The molecule has 0 spiro atoms. The smallest absolute Gasteiger partial charge is 0.296 e. The van der Waals surface area contributed by atoms with E-state index in [1.807, 2.05) is 19.1 Å². The second-order valence-electron chi connectivity index (χ2n) is 7.51. The molecule has 0 fully saturated rings. The molecule has 3 aromatic carbocycles. The molecule has 2 aromatic heterocycles. The maximum atomic E-state index is 13.2. The van der Waals surface area contributed by atoms with Crippen LogP contribution in [0.15, 0.2) is 56.9 Å². The van der Waals surface area contributed by atoms with Crippen LogP contribution in [0.4, 0.5) is 0 Å². The van der Waals surface area contributed by atoms with E-state index in [4.69, 9.17) is 0 Å². The van der Waals surface area contributed by atoms with Crippen LogP contribution in [0.1, 0.15) is 11.1 Å². The molecule has 0 unspecified atom stereocenters. The third-order valence-corrected chi connectivity index (χ3v) is 6.32. The van der Waals surface area contributed by atoms with Crippen LogP contribution in [0.5, 0.6) is 0 Å². The topological polar surface area (TPSA) is 120 Å². The van der Waals surface area contributed by atoms with Gasteiger partial charge in [0.05, 0.1) is 22.1 Å². The monoisotopic (exact) mass is 420 g/mol. The fourth-order valence-electron chi connectivity index (χ4n) is 4.08. The maximum Gasteiger partial charge on any atom is 0.296 e. The quantitative estimate of drug-likeness (QED) is 0.283. The van der Waals surface area contributed by atoms with Gasteiger partial charge in [-0.1, -0.05) is 12.1 Å². The van der Waals surface area contributed by atoms with Crippen molar-refractivity contribution in [1.29, 1.82) is 0 Å². The maximum absolute atomic E-state index is 13.2. The Morgan fingerprint density at radius 3 is 2.17 bits per heavy atom. The molecule has 0 aliphatic carbocycles. The van der Waals surface area contributed by atoms with E-state index in [-0.39, 0.29) is 26.7 Å². The summed E-state index contributed by atoms with van der Waals surface area (Å²) >= 11 is 0. The van der Waals surface area contributed by atoms with Crippen LogP contribution in [0.2, 0.25) is 0 Å². The first-order valence-corrected chi connectivity index (χ1v) is 10.6. The summed E-state index contributed by atoms with van der Waals surface area (Å²) in [6.45, 7) is 3.49. The Labute approximate surface area is 169 Å². The first-order chi connectivity index (χ1) is 14.1. The molecule has 0 atom stereocenters. The minimum Gasteiger partial charge on any atom is -0.354 e. The molecule has 2 heterocycles. The zero-order chi connectivity index (χ0) is 21.4. The number of rotatable bonds is 1. The predicted molar refractivity (Wildman–Crippen MR) is 117 cm³/mol. The van der Waals surface area contributed by atoms with Gasteiger partial charge >= 0.3 is 0 Å². The summed E-state index contributed by atoms with van der Waals surface area (Å²) in [4.78, 5) is 32.1. The minimum atomic E-state index is -4.56. The summed E-state index contributed by atoms with van der Waals surface area (Å²) in [5.41, 5.74) is 2.28. The van der Waals surface area contributed by atoms with Gasteiger partial charge in [0.15, 0.2) is 10.9 Å². The van der Waals surface area contributed by atoms with E-state index in [9.17, 15) is 22.6 Å². The predicted octanol–water partition coefficient (Wildman–Crippen LogP) is 3.54. The highest BCUT2D eigenvalue weighted by atomic mass is 32.2. The SMILES string of the molecule is Cc1cc(S(=O)(=O)O)c2[nH]c3cc4c(=O)c5c(C)cccc5[nH]c4cc3c(=O)c2c1. The first kappa shape index (κ1) is 18.5. The number of benzene rings is 3. The van der Waals surface area contributed by atoms with E-state index in [1.54, 1.807) is 31.2 Å². The third-order valence-electron chi connectivity index (χ3n) is 5.44. The number of H-pyrrole nitrogens is 2. The lowest BCUT2D eigenvalue weighted by atomic mass is 10.0. The first-order valence-electron chi connectivity index (χ1n) is 9.18. The summed E-state index contributed by atoms with van der Waals surface area (Å²) in [6.07, 6.45) is 0. The number of aromatic amines is 2. The van der Waals surface area contributed by atoms with Crippen LogP contribution in [0.25, 0.3) is 43.6 Å². The van der Waals surface area contributed by atoms with Crippen LogP contribution in [0, 0.1) is 13.8 Å². The second kappa shape index (κ2) is 6.01. The summed E-state index contributed by atoms with van der Waals surface area (Å²) in [5, 5.41) is 1.39. The highest BCUT2D eigenvalue weighted by molar-refractivity contribution is 7.86. The van der Waals surface area contributed by atoms with Gasteiger partial charge in [-0.15, -0.1) is 0 Å². The number of nitrogens with one attached hydrogen (secondary N) is 2. The van der Waals surface area contributed by atoms with E-state index in [1.165, 1.54) is 6.07 Å². The average molecular weight is 420 g/mol. The molecule has 150 valence electrons. The van der Waals surface area contributed by atoms with Gasteiger partial charge < -0.3 is 9.97 Å². The standard InChI is InChI=1S/C22H16N2O5S/c1-10-6-14-20(18(7-10)30(27,28)29)24-17-9-13-16(8-12(17)21(14)25)23-15-5-3-4-11(2)19(15)22(13)26/h3-9H,1-2H3,(H,23,26)(H,24,25)(H,27,28,29). The van der Waals surface area contributed by atoms with Crippen molar-refractivity contribution in [2.45, 2.75) is 18.7 Å². The second-order valence-corrected chi connectivity index (χ2v) is 8.90. The molecule has 0 aliphatic heterocycles. The molecule has 7 nitrogen and oxygen atoms in total. The highest BCUT2D eigenvalue weighted by Gasteiger charge is 2.19. The molecule has 5 rings (SSSR count). The summed E-state index contributed by atoms with van der Waals surface area (Å²) < 4.78 is 33.4. The van der Waals surface area contributed by atoms with Gasteiger partial charge in [0.2, 0.25) is 0 Å². The number of hydrogen-bond acceptors (Lipinski definition) is 4. The van der Waals surface area contributed by atoms with Crippen molar-refractivity contribution in [3.8, 4) is 0 Å². The van der Waals surface area contributed by atoms with Crippen molar-refractivity contribution in [3.05, 3.63) is 74.0 Å². The Bertz CT molecular complexity index is 1780. The molecular formula is C22H16N2O5S. The Balaban J connectivity index is 2.03. The summed E-state index contributed by atoms with van der Waals surface area (Å²) in [7, 11) is -4.56. The van der Waals surface area contributed by atoms with Crippen LogP contribution in [-0.4, -0.2) is 22.9 Å². The van der Waals surface area contributed by atoms with Gasteiger partial charge in [-0.25, -0.2) is 0 Å². The zero-order valence-electron chi connectivity index (χ0n) is 16.0. The number of hydrogen-bond donors (Lipinski definition) is 3. The molecule has 30 heavy (non-hydrogen) atoms. The van der Waals surface area contributed by atoms with Gasteiger partial charge in [-0.3, -0.25) is 14.1 Å². The van der Waals surface area contributed by atoms with E-state index >= 15 is 0 Å². The molecule has 8 heteroatoms. The lowest BCUT2D eigenvalue weighted by Crippen LogP contribution is -2.11. The van der Waals surface area contributed by atoms with Gasteiger partial charge in [0, 0.05) is 21.5 Å². The summed E-state index contributed by atoms with van der Waals surface area (Å²) in [5.74, 6) is 0. The highest BCUT2D eigenvalue weighted by Crippen LogP contribution is 2.26. The lowest BCUT2D eigenvalue weighted by Gasteiger charge is -2.10. The average Bonchev–Trinajstić information content (AvgIpc) is 2.67. The largest absolute Gasteiger partial charge is 0.354 e.